The van der Waals surface area contributed by atoms with Crippen molar-refractivity contribution in [2.75, 3.05) is 11.9 Å². The Hall–Kier alpha value is -1.79. The van der Waals surface area contributed by atoms with Crippen LogP contribution in [-0.4, -0.2) is 30.5 Å². The lowest BCUT2D eigenvalue weighted by molar-refractivity contribution is -0.125. The Morgan fingerprint density at radius 3 is 2.50 bits per heavy atom. The summed E-state index contributed by atoms with van der Waals surface area (Å²) in [5, 5.41) is 6.09. The maximum absolute atomic E-state index is 12.4. The van der Waals surface area contributed by atoms with E-state index in [2.05, 4.69) is 10.6 Å². The molecule has 3 saturated carbocycles. The summed E-state index contributed by atoms with van der Waals surface area (Å²) in [5.74, 6) is 1.72. The van der Waals surface area contributed by atoms with Gasteiger partial charge in [0.05, 0.1) is 0 Å². The molecule has 1 aromatic rings. The Balaban J connectivity index is 0.00000225. The van der Waals surface area contributed by atoms with E-state index in [0.29, 0.717) is 23.3 Å². The number of nitrogens with one attached hydrogen (secondary N) is 2. The van der Waals surface area contributed by atoms with Gasteiger partial charge >= 0.3 is 0 Å². The largest absolute Gasteiger partial charge is 0.484 e. The second-order valence-electron chi connectivity index (χ2n) is 8.36. The lowest BCUT2D eigenvalue weighted by Gasteiger charge is -2.45. The van der Waals surface area contributed by atoms with Crippen LogP contribution in [0.5, 0.6) is 5.75 Å². The second-order valence-corrected chi connectivity index (χ2v) is 8.36. The fraction of sp³-hybridized carbons (Fsp3) is 0.619. The van der Waals surface area contributed by atoms with E-state index in [1.807, 2.05) is 12.1 Å². The molecule has 0 heterocycles. The summed E-state index contributed by atoms with van der Waals surface area (Å²) in [6.45, 7) is -0.0119. The van der Waals surface area contributed by atoms with Crippen LogP contribution in [0, 0.1) is 17.8 Å². The molecule has 0 radical (unpaired) electrons. The Kier molecular flexibility index (Phi) is 6.83. The van der Waals surface area contributed by atoms with Gasteiger partial charge in [-0.25, -0.2) is 0 Å². The first kappa shape index (κ1) is 20.9. The van der Waals surface area contributed by atoms with E-state index in [1.165, 1.54) is 6.42 Å². The van der Waals surface area contributed by atoms with Crippen molar-refractivity contribution in [2.45, 2.75) is 57.0 Å². The molecule has 2 unspecified atom stereocenters. The molecule has 0 aromatic heterocycles. The summed E-state index contributed by atoms with van der Waals surface area (Å²) >= 11 is 0. The summed E-state index contributed by atoms with van der Waals surface area (Å²) < 4.78 is 5.66. The van der Waals surface area contributed by atoms with Crippen LogP contribution in [0.15, 0.2) is 24.3 Å². The fourth-order valence-corrected chi connectivity index (χ4v) is 4.65. The molecular weight excluding hydrogens is 378 g/mol. The maximum Gasteiger partial charge on any atom is 0.258 e. The van der Waals surface area contributed by atoms with Crippen LogP contribution in [0.25, 0.3) is 0 Å². The number of halogens is 1. The number of nitrogens with two attached hydrogens (primary N) is 1. The predicted molar refractivity (Wildman–Crippen MR) is 111 cm³/mol. The molecule has 28 heavy (non-hydrogen) atoms. The molecule has 3 aliphatic rings. The van der Waals surface area contributed by atoms with Crippen LogP contribution in [-0.2, 0) is 9.59 Å². The van der Waals surface area contributed by atoms with Crippen molar-refractivity contribution < 1.29 is 14.3 Å². The van der Waals surface area contributed by atoms with Gasteiger partial charge in [0.15, 0.2) is 6.61 Å². The van der Waals surface area contributed by atoms with Gasteiger partial charge in [-0.1, -0.05) is 12.5 Å². The molecule has 0 aliphatic heterocycles. The van der Waals surface area contributed by atoms with Crippen LogP contribution >= 0.6 is 12.4 Å². The first-order valence-electron chi connectivity index (χ1n) is 10.2. The number of fused-ring (bicyclic) bond motifs is 2. The van der Waals surface area contributed by atoms with Crippen molar-refractivity contribution in [3.05, 3.63) is 24.3 Å². The first-order valence-corrected chi connectivity index (χ1v) is 10.2. The van der Waals surface area contributed by atoms with Gasteiger partial charge in [-0.3, -0.25) is 9.59 Å². The summed E-state index contributed by atoms with van der Waals surface area (Å²) in [6.07, 6.45) is 7.49. The van der Waals surface area contributed by atoms with Crippen molar-refractivity contribution in [1.29, 1.82) is 0 Å². The quantitative estimate of drug-likeness (QED) is 0.675. The molecule has 2 amide bonds. The van der Waals surface area contributed by atoms with E-state index in [4.69, 9.17) is 10.5 Å². The SMILES string of the molecule is Cl.NC1CC2CCCC(C1)C2NC(=O)COc1cccc(NC(=O)C2CC2)c1. The molecule has 0 spiro atoms. The second kappa shape index (κ2) is 9.14. The molecule has 4 rings (SSSR count). The third kappa shape index (κ3) is 5.17. The molecule has 3 aliphatic carbocycles. The molecular formula is C21H30ClN3O3. The zero-order chi connectivity index (χ0) is 18.8. The molecule has 2 atom stereocenters. The van der Waals surface area contributed by atoms with Crippen LogP contribution in [0.1, 0.15) is 44.9 Å². The Morgan fingerprint density at radius 1 is 1.11 bits per heavy atom. The molecule has 7 heteroatoms. The molecule has 2 bridgehead atoms. The number of benzene rings is 1. The van der Waals surface area contributed by atoms with Gasteiger partial charge in [0.25, 0.3) is 5.91 Å². The predicted octanol–water partition coefficient (Wildman–Crippen LogP) is 2.86. The van der Waals surface area contributed by atoms with Crippen LogP contribution in [0.4, 0.5) is 5.69 Å². The molecule has 0 saturated heterocycles. The van der Waals surface area contributed by atoms with E-state index < -0.39 is 0 Å². The zero-order valence-corrected chi connectivity index (χ0v) is 16.9. The number of amides is 2. The summed E-state index contributed by atoms with van der Waals surface area (Å²) in [4.78, 5) is 24.3. The van der Waals surface area contributed by atoms with Gasteiger partial charge in [-0.2, -0.15) is 0 Å². The van der Waals surface area contributed by atoms with E-state index >= 15 is 0 Å². The normalized spacial score (nSPS) is 28.6. The van der Waals surface area contributed by atoms with Crippen molar-refractivity contribution in [3.8, 4) is 5.75 Å². The minimum absolute atomic E-state index is 0. The minimum Gasteiger partial charge on any atom is -0.484 e. The highest BCUT2D eigenvalue weighted by Gasteiger charge is 2.39. The number of hydrogen-bond acceptors (Lipinski definition) is 4. The standard InChI is InChI=1S/C21H29N3O3.ClH/c22-16-9-14-3-1-4-15(10-16)20(14)24-19(25)12-27-18-6-2-5-17(11-18)23-21(26)13-7-8-13;/h2,5-6,11,13-16,20H,1,3-4,7-10,12,22H2,(H,23,26)(H,24,25);1H. The molecule has 6 nitrogen and oxygen atoms in total. The molecule has 3 fully saturated rings. The third-order valence-corrected chi connectivity index (χ3v) is 6.12. The Morgan fingerprint density at radius 2 is 1.82 bits per heavy atom. The van der Waals surface area contributed by atoms with Gasteiger partial charge in [-0.15, -0.1) is 12.4 Å². The topological polar surface area (TPSA) is 93.4 Å². The lowest BCUT2D eigenvalue weighted by Crippen LogP contribution is -2.54. The van der Waals surface area contributed by atoms with E-state index in [-0.39, 0.29) is 48.8 Å². The lowest BCUT2D eigenvalue weighted by atomic mass is 9.67. The van der Waals surface area contributed by atoms with Crippen molar-refractivity contribution in [2.24, 2.45) is 23.5 Å². The maximum atomic E-state index is 12.4. The van der Waals surface area contributed by atoms with E-state index in [9.17, 15) is 9.59 Å². The monoisotopic (exact) mass is 407 g/mol. The number of carbonyl (C=O) groups is 2. The fourth-order valence-electron chi connectivity index (χ4n) is 4.65. The summed E-state index contributed by atoms with van der Waals surface area (Å²) in [7, 11) is 0. The minimum atomic E-state index is -0.0835. The smallest absolute Gasteiger partial charge is 0.258 e. The van der Waals surface area contributed by atoms with Crippen molar-refractivity contribution in [1.82, 2.24) is 5.32 Å². The van der Waals surface area contributed by atoms with E-state index in [0.717, 1.165) is 38.5 Å². The van der Waals surface area contributed by atoms with Crippen molar-refractivity contribution in [3.63, 3.8) is 0 Å². The highest BCUT2D eigenvalue weighted by molar-refractivity contribution is 5.94. The van der Waals surface area contributed by atoms with Crippen LogP contribution < -0.4 is 21.1 Å². The number of hydrogen-bond donors (Lipinski definition) is 3. The van der Waals surface area contributed by atoms with Gasteiger partial charge < -0.3 is 21.1 Å². The van der Waals surface area contributed by atoms with Gasteiger partial charge in [0, 0.05) is 29.8 Å². The van der Waals surface area contributed by atoms with Gasteiger partial charge in [0.2, 0.25) is 5.91 Å². The van der Waals surface area contributed by atoms with Gasteiger partial charge in [0.1, 0.15) is 5.75 Å². The van der Waals surface area contributed by atoms with E-state index in [1.54, 1.807) is 12.1 Å². The summed E-state index contributed by atoms with van der Waals surface area (Å²) in [6, 6.07) is 7.73. The number of anilines is 1. The number of ether oxygens (including phenoxy) is 1. The average Bonchev–Trinajstić information content (AvgIpc) is 3.46. The highest BCUT2D eigenvalue weighted by Crippen LogP contribution is 2.39. The summed E-state index contributed by atoms with van der Waals surface area (Å²) in [5.41, 5.74) is 6.87. The molecule has 154 valence electrons. The van der Waals surface area contributed by atoms with Crippen LogP contribution in [0.2, 0.25) is 0 Å². The number of rotatable bonds is 6. The number of carbonyl (C=O) groups excluding carboxylic acids is 2. The molecule has 4 N–H and O–H groups in total. The third-order valence-electron chi connectivity index (χ3n) is 6.12. The average molecular weight is 408 g/mol. The van der Waals surface area contributed by atoms with Gasteiger partial charge in [-0.05, 0) is 62.5 Å². The highest BCUT2D eigenvalue weighted by atomic mass is 35.5. The Bertz CT molecular complexity index is 696. The first-order chi connectivity index (χ1) is 13.1. The Labute approximate surface area is 172 Å². The van der Waals surface area contributed by atoms with Crippen molar-refractivity contribution >= 4 is 29.9 Å². The molecule has 1 aromatic carbocycles. The zero-order valence-electron chi connectivity index (χ0n) is 16.1. The van der Waals surface area contributed by atoms with Crippen LogP contribution in [0.3, 0.4) is 0 Å².